The quantitative estimate of drug-likeness (QED) is 0.407. The van der Waals surface area contributed by atoms with E-state index in [2.05, 4.69) is 92.1 Å². The number of hydrogen-bond acceptors (Lipinski definition) is 2. The third-order valence-corrected chi connectivity index (χ3v) is 5.24. The summed E-state index contributed by atoms with van der Waals surface area (Å²) in [5.41, 5.74) is 4.93. The van der Waals surface area contributed by atoms with E-state index in [-0.39, 0.29) is 5.41 Å². The highest BCUT2D eigenvalue weighted by molar-refractivity contribution is 5.76. The Hall–Kier alpha value is -3.07. The monoisotopic (exact) mass is 384 g/mol. The number of hydrogen-bond donors (Lipinski definition) is 0. The second-order valence-corrected chi connectivity index (χ2v) is 8.45. The van der Waals surface area contributed by atoms with Crippen molar-refractivity contribution in [1.29, 1.82) is 0 Å². The third kappa shape index (κ3) is 4.51. The Morgan fingerprint density at radius 2 is 1.52 bits per heavy atom. The molecule has 3 nitrogen and oxygen atoms in total. The Labute approximate surface area is 173 Å². The summed E-state index contributed by atoms with van der Waals surface area (Å²) in [6.07, 6.45) is 0.815. The van der Waals surface area contributed by atoms with Gasteiger partial charge in [0.25, 0.3) is 0 Å². The summed E-state index contributed by atoms with van der Waals surface area (Å²) in [6.45, 7) is 8.05. The maximum atomic E-state index is 6.05. The zero-order valence-electron chi connectivity index (χ0n) is 17.4. The summed E-state index contributed by atoms with van der Waals surface area (Å²) in [5.74, 6) is 1.98. The number of rotatable bonds is 6. The predicted molar refractivity (Wildman–Crippen MR) is 120 cm³/mol. The number of benzene rings is 3. The van der Waals surface area contributed by atoms with Crippen LogP contribution in [0.4, 0.5) is 0 Å². The molecule has 0 fully saturated rings. The summed E-state index contributed by atoms with van der Waals surface area (Å²) in [6, 6.07) is 27.3. The molecule has 4 rings (SSSR count). The zero-order valence-corrected chi connectivity index (χ0v) is 17.4. The van der Waals surface area contributed by atoms with Crippen molar-refractivity contribution in [3.05, 3.63) is 95.8 Å². The van der Waals surface area contributed by atoms with Crippen LogP contribution in [0.1, 0.15) is 37.7 Å². The minimum atomic E-state index is 0.153. The van der Waals surface area contributed by atoms with Crippen LogP contribution in [0.2, 0.25) is 0 Å². The fraction of sp³-hybridized carbons (Fsp3) is 0.269. The lowest BCUT2D eigenvalue weighted by Crippen LogP contribution is -2.12. The highest BCUT2D eigenvalue weighted by Gasteiger charge is 2.14. The van der Waals surface area contributed by atoms with Crippen molar-refractivity contribution in [1.82, 2.24) is 9.55 Å². The lowest BCUT2D eigenvalue weighted by atomic mass is 9.87. The van der Waals surface area contributed by atoms with Crippen LogP contribution in [0.3, 0.4) is 0 Å². The smallest absolute Gasteiger partial charge is 0.119 e. The van der Waals surface area contributed by atoms with Gasteiger partial charge >= 0.3 is 0 Å². The van der Waals surface area contributed by atoms with Gasteiger partial charge in [-0.05, 0) is 40.8 Å². The number of nitrogens with zero attached hydrogens (tertiary/aromatic N) is 2. The van der Waals surface area contributed by atoms with Crippen molar-refractivity contribution in [2.45, 2.75) is 39.2 Å². The van der Waals surface area contributed by atoms with E-state index in [1.54, 1.807) is 0 Å². The first-order valence-electron chi connectivity index (χ1n) is 10.2. The molecule has 4 aromatic rings. The summed E-state index contributed by atoms with van der Waals surface area (Å²) in [4.78, 5) is 4.88. The fourth-order valence-electron chi connectivity index (χ4n) is 3.59. The molecule has 0 bridgehead atoms. The Bertz CT molecular complexity index is 1070. The van der Waals surface area contributed by atoms with Gasteiger partial charge in [0, 0.05) is 6.42 Å². The van der Waals surface area contributed by atoms with Gasteiger partial charge in [-0.15, -0.1) is 0 Å². The van der Waals surface area contributed by atoms with E-state index < -0.39 is 0 Å². The zero-order chi connectivity index (χ0) is 20.3. The van der Waals surface area contributed by atoms with Gasteiger partial charge in [0.05, 0.1) is 17.6 Å². The lowest BCUT2D eigenvalue weighted by Gasteiger charge is -2.19. The topological polar surface area (TPSA) is 27.1 Å². The molecular weight excluding hydrogens is 356 g/mol. The molecule has 0 saturated carbocycles. The van der Waals surface area contributed by atoms with E-state index >= 15 is 0 Å². The van der Waals surface area contributed by atoms with Crippen LogP contribution in [0, 0.1) is 0 Å². The first kappa shape index (κ1) is 19.3. The summed E-state index contributed by atoms with van der Waals surface area (Å²) >= 11 is 0. The number of imidazole rings is 1. The Balaban J connectivity index is 1.50. The van der Waals surface area contributed by atoms with Gasteiger partial charge in [0.2, 0.25) is 0 Å². The Morgan fingerprint density at radius 3 is 2.24 bits per heavy atom. The highest BCUT2D eigenvalue weighted by Crippen LogP contribution is 2.24. The number of fused-ring (bicyclic) bond motifs is 1. The van der Waals surface area contributed by atoms with Crippen molar-refractivity contribution in [2.24, 2.45) is 0 Å². The van der Waals surface area contributed by atoms with Crippen LogP contribution < -0.4 is 4.74 Å². The molecule has 0 aliphatic heterocycles. The molecule has 0 spiro atoms. The highest BCUT2D eigenvalue weighted by atomic mass is 16.5. The molecular formula is C26H28N2O. The first-order chi connectivity index (χ1) is 14.0. The van der Waals surface area contributed by atoms with Crippen molar-refractivity contribution < 1.29 is 4.74 Å². The standard InChI is InChI=1S/C26H28N2O/c1-26(2,3)21-13-15-22(16-14-21)29-18-17-28-24-12-8-7-11-23(24)27-25(28)19-20-9-5-4-6-10-20/h4-16H,17-19H2,1-3H3. The molecule has 148 valence electrons. The van der Waals surface area contributed by atoms with E-state index in [0.29, 0.717) is 6.61 Å². The van der Waals surface area contributed by atoms with E-state index in [0.717, 1.165) is 35.6 Å². The molecule has 0 N–H and O–H groups in total. The van der Waals surface area contributed by atoms with E-state index in [9.17, 15) is 0 Å². The molecule has 3 aromatic carbocycles. The SMILES string of the molecule is CC(C)(C)c1ccc(OCCn2c(Cc3ccccc3)nc3ccccc32)cc1. The van der Waals surface area contributed by atoms with Crippen LogP contribution >= 0.6 is 0 Å². The molecule has 1 heterocycles. The largest absolute Gasteiger partial charge is 0.492 e. The second-order valence-electron chi connectivity index (χ2n) is 8.45. The van der Waals surface area contributed by atoms with Crippen LogP contribution in [-0.4, -0.2) is 16.2 Å². The maximum Gasteiger partial charge on any atom is 0.119 e. The molecule has 29 heavy (non-hydrogen) atoms. The fourth-order valence-corrected chi connectivity index (χ4v) is 3.59. The average Bonchev–Trinajstić information content (AvgIpc) is 3.06. The molecule has 3 heteroatoms. The summed E-state index contributed by atoms with van der Waals surface area (Å²) < 4.78 is 8.34. The molecule has 0 aliphatic carbocycles. The second kappa shape index (κ2) is 8.12. The van der Waals surface area contributed by atoms with E-state index in [4.69, 9.17) is 9.72 Å². The number of aromatic nitrogens is 2. The molecule has 1 aromatic heterocycles. The summed E-state index contributed by atoms with van der Waals surface area (Å²) in [7, 11) is 0. The predicted octanol–water partition coefficient (Wildman–Crippen LogP) is 6.00. The van der Waals surface area contributed by atoms with E-state index in [1.165, 1.54) is 11.1 Å². The van der Waals surface area contributed by atoms with Crippen molar-refractivity contribution in [2.75, 3.05) is 6.61 Å². The van der Waals surface area contributed by atoms with Gasteiger partial charge in [-0.25, -0.2) is 4.98 Å². The van der Waals surface area contributed by atoms with Gasteiger partial charge in [-0.1, -0.05) is 75.4 Å². The number of para-hydroxylation sites is 2. The summed E-state index contributed by atoms with van der Waals surface area (Å²) in [5, 5.41) is 0. The van der Waals surface area contributed by atoms with Crippen LogP contribution in [-0.2, 0) is 18.4 Å². The Morgan fingerprint density at radius 1 is 0.828 bits per heavy atom. The Kier molecular flexibility index (Phi) is 5.39. The van der Waals surface area contributed by atoms with E-state index in [1.807, 2.05) is 12.1 Å². The van der Waals surface area contributed by atoms with Gasteiger partial charge in [-0.3, -0.25) is 0 Å². The molecule has 0 radical (unpaired) electrons. The lowest BCUT2D eigenvalue weighted by molar-refractivity contribution is 0.298. The van der Waals surface area contributed by atoms with Gasteiger partial charge in [-0.2, -0.15) is 0 Å². The average molecular weight is 385 g/mol. The third-order valence-electron chi connectivity index (χ3n) is 5.24. The minimum absolute atomic E-state index is 0.153. The van der Waals surface area contributed by atoms with Crippen LogP contribution in [0.15, 0.2) is 78.9 Å². The van der Waals surface area contributed by atoms with Gasteiger partial charge < -0.3 is 9.30 Å². The van der Waals surface area contributed by atoms with Gasteiger partial charge in [0.1, 0.15) is 18.2 Å². The normalized spacial score (nSPS) is 11.7. The van der Waals surface area contributed by atoms with Crippen LogP contribution in [0.25, 0.3) is 11.0 Å². The molecule has 0 aliphatic rings. The van der Waals surface area contributed by atoms with Crippen molar-refractivity contribution in [3.63, 3.8) is 0 Å². The van der Waals surface area contributed by atoms with Crippen molar-refractivity contribution in [3.8, 4) is 5.75 Å². The van der Waals surface area contributed by atoms with Gasteiger partial charge in [0.15, 0.2) is 0 Å². The molecule has 0 atom stereocenters. The first-order valence-corrected chi connectivity index (χ1v) is 10.2. The molecule has 0 amide bonds. The van der Waals surface area contributed by atoms with Crippen LogP contribution in [0.5, 0.6) is 5.75 Å². The molecule has 0 unspecified atom stereocenters. The maximum absolute atomic E-state index is 6.05. The minimum Gasteiger partial charge on any atom is -0.492 e. The van der Waals surface area contributed by atoms with Crippen molar-refractivity contribution >= 4 is 11.0 Å². The number of ether oxygens (including phenoxy) is 1. The molecule has 0 saturated heterocycles.